The van der Waals surface area contributed by atoms with E-state index in [4.69, 9.17) is 5.11 Å². The molecule has 104 valence electrons. The highest BCUT2D eigenvalue weighted by Gasteiger charge is 2.18. The lowest BCUT2D eigenvalue weighted by atomic mass is 10.1. The Bertz CT molecular complexity index is 629. The molecule has 2 aromatic carbocycles. The number of halogens is 2. The van der Waals surface area contributed by atoms with Gasteiger partial charge in [-0.1, -0.05) is 30.3 Å². The number of carbonyl (C=O) groups is 1. The molecule has 1 unspecified atom stereocenters. The molecule has 2 N–H and O–H groups in total. The first-order valence-corrected chi connectivity index (χ1v) is 6.03. The summed E-state index contributed by atoms with van der Waals surface area (Å²) in [6, 6.07) is 11.3. The van der Waals surface area contributed by atoms with Crippen LogP contribution < -0.4 is 5.32 Å². The highest BCUT2D eigenvalue weighted by atomic mass is 19.2. The van der Waals surface area contributed by atoms with Gasteiger partial charge in [-0.25, -0.2) is 13.6 Å². The van der Waals surface area contributed by atoms with Gasteiger partial charge in [-0.2, -0.15) is 0 Å². The summed E-state index contributed by atoms with van der Waals surface area (Å²) in [5.74, 6) is -4.04. The van der Waals surface area contributed by atoms with E-state index in [0.29, 0.717) is 0 Å². The van der Waals surface area contributed by atoms with E-state index in [9.17, 15) is 13.6 Å². The first-order valence-electron chi connectivity index (χ1n) is 6.03. The minimum absolute atomic E-state index is 0.0659. The van der Waals surface area contributed by atoms with Gasteiger partial charge in [-0.05, 0) is 24.6 Å². The van der Waals surface area contributed by atoms with Gasteiger partial charge in [-0.15, -0.1) is 0 Å². The number of rotatable bonds is 4. The summed E-state index contributed by atoms with van der Waals surface area (Å²) in [5.41, 5.74) is 0.166. The van der Waals surface area contributed by atoms with Crippen molar-refractivity contribution in [3.63, 3.8) is 0 Å². The molecular weight excluding hydrogens is 264 g/mol. The van der Waals surface area contributed by atoms with Crippen molar-refractivity contribution in [1.82, 2.24) is 0 Å². The SMILES string of the molecule is CC(Nc1ccc(C(=O)O)c(F)c1F)c1ccccc1. The van der Waals surface area contributed by atoms with Crippen molar-refractivity contribution < 1.29 is 18.7 Å². The lowest BCUT2D eigenvalue weighted by Crippen LogP contribution is -2.10. The molecule has 0 heterocycles. The zero-order chi connectivity index (χ0) is 14.7. The van der Waals surface area contributed by atoms with E-state index in [0.717, 1.165) is 11.6 Å². The van der Waals surface area contributed by atoms with Crippen molar-refractivity contribution in [2.24, 2.45) is 0 Å². The van der Waals surface area contributed by atoms with Crippen LogP contribution in [0.1, 0.15) is 28.9 Å². The maximum absolute atomic E-state index is 13.8. The Morgan fingerprint density at radius 2 is 1.75 bits per heavy atom. The van der Waals surface area contributed by atoms with Crippen LogP contribution in [0.4, 0.5) is 14.5 Å². The van der Waals surface area contributed by atoms with Crippen LogP contribution in [0.2, 0.25) is 0 Å². The van der Waals surface area contributed by atoms with Crippen molar-refractivity contribution in [2.45, 2.75) is 13.0 Å². The number of hydrogen-bond donors (Lipinski definition) is 2. The van der Waals surface area contributed by atoms with E-state index in [-0.39, 0.29) is 11.7 Å². The molecule has 0 bridgehead atoms. The standard InChI is InChI=1S/C15H13F2NO2/c1-9(10-5-3-2-4-6-10)18-12-8-7-11(15(19)20)13(16)14(12)17/h2-9,18H,1H3,(H,19,20). The second-order valence-electron chi connectivity index (χ2n) is 4.37. The third-order valence-electron chi connectivity index (χ3n) is 2.98. The second kappa shape index (κ2) is 5.69. The largest absolute Gasteiger partial charge is 0.478 e. The van der Waals surface area contributed by atoms with Gasteiger partial charge in [0.25, 0.3) is 0 Å². The molecular formula is C15H13F2NO2. The van der Waals surface area contributed by atoms with Gasteiger partial charge in [0.05, 0.1) is 11.3 Å². The van der Waals surface area contributed by atoms with E-state index in [1.807, 2.05) is 30.3 Å². The number of aromatic carboxylic acids is 1. The molecule has 5 heteroatoms. The Labute approximate surface area is 114 Å². The third kappa shape index (κ3) is 2.77. The van der Waals surface area contributed by atoms with Crippen LogP contribution in [0.15, 0.2) is 42.5 Å². The predicted octanol–water partition coefficient (Wildman–Crippen LogP) is 3.84. The molecule has 0 aromatic heterocycles. The first-order chi connectivity index (χ1) is 9.50. The zero-order valence-corrected chi connectivity index (χ0v) is 10.7. The van der Waals surface area contributed by atoms with Gasteiger partial charge in [0.1, 0.15) is 0 Å². The summed E-state index contributed by atoms with van der Waals surface area (Å²) in [6.07, 6.45) is 0. The maximum Gasteiger partial charge on any atom is 0.338 e. The Kier molecular flexibility index (Phi) is 3.98. The van der Waals surface area contributed by atoms with Gasteiger partial charge >= 0.3 is 5.97 Å². The fraction of sp³-hybridized carbons (Fsp3) is 0.133. The average molecular weight is 277 g/mol. The molecule has 0 aliphatic carbocycles. The molecule has 0 saturated heterocycles. The van der Waals surface area contributed by atoms with E-state index < -0.39 is 23.2 Å². The number of anilines is 1. The van der Waals surface area contributed by atoms with Crippen LogP contribution in [0, 0.1) is 11.6 Å². The van der Waals surface area contributed by atoms with Crippen molar-refractivity contribution in [3.05, 3.63) is 65.2 Å². The molecule has 0 aliphatic rings. The van der Waals surface area contributed by atoms with Crippen molar-refractivity contribution in [2.75, 3.05) is 5.32 Å². The molecule has 0 spiro atoms. The molecule has 20 heavy (non-hydrogen) atoms. The summed E-state index contributed by atoms with van der Waals surface area (Å²) in [5, 5.41) is 11.5. The molecule has 0 fully saturated rings. The number of hydrogen-bond acceptors (Lipinski definition) is 2. The van der Waals surface area contributed by atoms with Gasteiger partial charge in [0, 0.05) is 6.04 Å². The van der Waals surface area contributed by atoms with Gasteiger partial charge in [-0.3, -0.25) is 0 Å². The number of nitrogens with one attached hydrogen (secondary N) is 1. The fourth-order valence-electron chi connectivity index (χ4n) is 1.88. The molecule has 0 amide bonds. The molecule has 1 atom stereocenters. The Balaban J connectivity index is 2.27. The second-order valence-corrected chi connectivity index (χ2v) is 4.37. The van der Waals surface area contributed by atoms with Gasteiger partial charge in [0.15, 0.2) is 11.6 Å². The highest BCUT2D eigenvalue weighted by Crippen LogP contribution is 2.25. The Hall–Kier alpha value is -2.43. The molecule has 0 radical (unpaired) electrons. The minimum atomic E-state index is -1.50. The Morgan fingerprint density at radius 1 is 1.10 bits per heavy atom. The lowest BCUT2D eigenvalue weighted by molar-refractivity contribution is 0.0690. The van der Waals surface area contributed by atoms with E-state index >= 15 is 0 Å². The summed E-state index contributed by atoms with van der Waals surface area (Å²) < 4.78 is 27.4. The monoisotopic (exact) mass is 277 g/mol. The van der Waals surface area contributed by atoms with Gasteiger partial charge < -0.3 is 10.4 Å². The van der Waals surface area contributed by atoms with Crippen molar-refractivity contribution in [1.29, 1.82) is 0 Å². The molecule has 0 aliphatic heterocycles. The summed E-state index contributed by atoms with van der Waals surface area (Å²) in [7, 11) is 0. The summed E-state index contributed by atoms with van der Waals surface area (Å²) in [6.45, 7) is 1.80. The molecule has 3 nitrogen and oxygen atoms in total. The minimum Gasteiger partial charge on any atom is -0.478 e. The normalized spacial score (nSPS) is 11.9. The smallest absolute Gasteiger partial charge is 0.338 e. The van der Waals surface area contributed by atoms with Crippen LogP contribution in [0.3, 0.4) is 0 Å². The number of benzene rings is 2. The van der Waals surface area contributed by atoms with Crippen molar-refractivity contribution in [3.8, 4) is 0 Å². The quantitative estimate of drug-likeness (QED) is 0.892. The topological polar surface area (TPSA) is 49.3 Å². The summed E-state index contributed by atoms with van der Waals surface area (Å²) in [4.78, 5) is 10.7. The Morgan fingerprint density at radius 3 is 2.35 bits per heavy atom. The lowest BCUT2D eigenvalue weighted by Gasteiger charge is -2.16. The first kappa shape index (κ1) is 14.0. The van der Waals surface area contributed by atoms with Gasteiger partial charge in [0.2, 0.25) is 0 Å². The van der Waals surface area contributed by atoms with Crippen LogP contribution in [0.25, 0.3) is 0 Å². The fourth-order valence-corrected chi connectivity index (χ4v) is 1.88. The summed E-state index contributed by atoms with van der Waals surface area (Å²) >= 11 is 0. The number of carboxylic acids is 1. The van der Waals surface area contributed by atoms with Crippen LogP contribution >= 0.6 is 0 Å². The van der Waals surface area contributed by atoms with Crippen LogP contribution in [0.5, 0.6) is 0 Å². The van der Waals surface area contributed by atoms with Crippen LogP contribution in [-0.2, 0) is 0 Å². The van der Waals surface area contributed by atoms with Crippen LogP contribution in [-0.4, -0.2) is 11.1 Å². The zero-order valence-electron chi connectivity index (χ0n) is 10.7. The highest BCUT2D eigenvalue weighted by molar-refractivity contribution is 5.88. The molecule has 2 rings (SSSR count). The van der Waals surface area contributed by atoms with Crippen molar-refractivity contribution >= 4 is 11.7 Å². The molecule has 0 saturated carbocycles. The van der Waals surface area contributed by atoms with E-state index in [2.05, 4.69) is 5.32 Å². The van der Waals surface area contributed by atoms with E-state index in [1.165, 1.54) is 6.07 Å². The maximum atomic E-state index is 13.8. The average Bonchev–Trinajstić information content (AvgIpc) is 2.44. The third-order valence-corrected chi connectivity index (χ3v) is 2.98. The molecule has 2 aromatic rings. The number of carboxylic acid groups (broad SMARTS) is 1. The van der Waals surface area contributed by atoms with E-state index in [1.54, 1.807) is 6.92 Å². The predicted molar refractivity (Wildman–Crippen MR) is 71.8 cm³/mol.